The molecule has 40 heavy (non-hydrogen) atoms. The van der Waals surface area contributed by atoms with Crippen molar-refractivity contribution >= 4 is 11.9 Å². The van der Waals surface area contributed by atoms with Gasteiger partial charge in [0, 0.05) is 11.4 Å². The molecule has 1 aliphatic rings. The molecule has 7 nitrogen and oxygen atoms in total. The second kappa shape index (κ2) is 15.7. The van der Waals surface area contributed by atoms with Gasteiger partial charge in [0.2, 0.25) is 0 Å². The fraction of sp³-hybridized carbons (Fsp3) is 0.212. The van der Waals surface area contributed by atoms with Crippen LogP contribution in [0.4, 0.5) is 0 Å². The van der Waals surface area contributed by atoms with E-state index in [-0.39, 0.29) is 19.8 Å². The zero-order valence-electron chi connectivity index (χ0n) is 23.0. The first-order chi connectivity index (χ1) is 19.5. The lowest BCUT2D eigenvalue weighted by atomic mass is 9.83. The van der Waals surface area contributed by atoms with Crippen molar-refractivity contribution in [3.05, 3.63) is 143 Å². The van der Waals surface area contributed by atoms with E-state index in [9.17, 15) is 9.59 Å². The molecule has 0 bridgehead atoms. The summed E-state index contributed by atoms with van der Waals surface area (Å²) in [5.74, 6) is -1.32. The van der Waals surface area contributed by atoms with Crippen molar-refractivity contribution in [1.29, 1.82) is 0 Å². The van der Waals surface area contributed by atoms with Gasteiger partial charge in [0.25, 0.3) is 0 Å². The zero-order chi connectivity index (χ0) is 28.7. The highest BCUT2D eigenvalue weighted by Gasteiger charge is 2.39. The van der Waals surface area contributed by atoms with Crippen molar-refractivity contribution in [2.75, 3.05) is 6.61 Å². The lowest BCUT2D eigenvalue weighted by Crippen LogP contribution is -2.32. The standard InChI is InChI=1S/C26H27NO5.C7H8O/c1-4-5-6-10-15-31-25(28)22-18(2)27-19(3)23(24(22)21-14-11-16-30-21)26(29)32-17-20-12-8-7-9-13-20;8-6-7-4-2-1-3-5-7/h4-14,16,24,27H,15,17H2,1-3H3;1-5,8H,6H2/b5-4+,10-6+;. The molecule has 3 aromatic rings. The Balaban J connectivity index is 0.000000472. The quantitative estimate of drug-likeness (QED) is 0.249. The van der Waals surface area contributed by atoms with Gasteiger partial charge in [-0.25, -0.2) is 9.59 Å². The summed E-state index contributed by atoms with van der Waals surface area (Å²) in [5.41, 5.74) is 3.68. The van der Waals surface area contributed by atoms with Gasteiger partial charge in [-0.05, 0) is 50.1 Å². The summed E-state index contributed by atoms with van der Waals surface area (Å²) in [4.78, 5) is 26.2. The number of esters is 2. The fourth-order valence-corrected chi connectivity index (χ4v) is 4.11. The van der Waals surface area contributed by atoms with Gasteiger partial charge in [-0.15, -0.1) is 0 Å². The monoisotopic (exact) mass is 541 g/mol. The molecule has 2 N–H and O–H groups in total. The summed E-state index contributed by atoms with van der Waals surface area (Å²) in [6.07, 6.45) is 8.77. The van der Waals surface area contributed by atoms with E-state index < -0.39 is 17.9 Å². The minimum atomic E-state index is -0.735. The summed E-state index contributed by atoms with van der Waals surface area (Å²) >= 11 is 0. The SMILES string of the molecule is C/C=C/C=C/COC(=O)C1=C(C)NC(C)=C(C(=O)OCc2ccccc2)C1c1ccco1.OCc1ccccc1. The van der Waals surface area contributed by atoms with Crippen LogP contribution in [0.1, 0.15) is 43.6 Å². The predicted octanol–water partition coefficient (Wildman–Crippen LogP) is 6.11. The smallest absolute Gasteiger partial charge is 0.337 e. The Hall–Kier alpha value is -4.62. The fourth-order valence-electron chi connectivity index (χ4n) is 4.11. The van der Waals surface area contributed by atoms with Crippen molar-refractivity contribution < 1.29 is 28.6 Å². The molecule has 0 saturated carbocycles. The number of allylic oxidation sites excluding steroid dienone is 5. The lowest BCUT2D eigenvalue weighted by Gasteiger charge is -2.29. The Morgan fingerprint density at radius 1 is 0.850 bits per heavy atom. The minimum absolute atomic E-state index is 0.112. The van der Waals surface area contributed by atoms with E-state index in [2.05, 4.69) is 5.32 Å². The molecule has 2 aromatic carbocycles. The number of nitrogens with one attached hydrogen (secondary N) is 1. The number of carbonyl (C=O) groups is 2. The molecule has 0 saturated heterocycles. The maximum atomic E-state index is 13.1. The van der Waals surface area contributed by atoms with Crippen molar-refractivity contribution in [3.8, 4) is 0 Å². The Labute approximate surface area is 235 Å². The second-order valence-corrected chi connectivity index (χ2v) is 8.91. The normalized spacial score (nSPS) is 15.1. The molecule has 0 spiro atoms. The topological polar surface area (TPSA) is 98.0 Å². The number of hydrogen-bond acceptors (Lipinski definition) is 7. The molecule has 2 heterocycles. The van der Waals surface area contributed by atoms with Crippen LogP contribution in [0.5, 0.6) is 0 Å². The molecule has 4 rings (SSSR count). The Bertz CT molecular complexity index is 1350. The molecule has 1 aromatic heterocycles. The van der Waals surface area contributed by atoms with Crippen LogP contribution in [0.15, 0.2) is 130 Å². The highest BCUT2D eigenvalue weighted by Crippen LogP contribution is 2.39. The van der Waals surface area contributed by atoms with Gasteiger partial charge in [-0.1, -0.05) is 78.9 Å². The van der Waals surface area contributed by atoms with Crippen LogP contribution in [-0.4, -0.2) is 23.7 Å². The molecule has 0 fully saturated rings. The number of ether oxygens (including phenoxy) is 2. The third kappa shape index (κ3) is 8.44. The number of hydrogen-bond donors (Lipinski definition) is 2. The molecule has 7 heteroatoms. The number of rotatable bonds is 9. The molecule has 0 radical (unpaired) electrons. The van der Waals surface area contributed by atoms with Gasteiger partial charge in [0.1, 0.15) is 19.0 Å². The van der Waals surface area contributed by atoms with E-state index in [1.54, 1.807) is 38.1 Å². The molecule has 0 aliphatic carbocycles. The van der Waals surface area contributed by atoms with Gasteiger partial charge >= 0.3 is 11.9 Å². The summed E-state index contributed by atoms with van der Waals surface area (Å²) in [6.45, 7) is 5.83. The van der Waals surface area contributed by atoms with Gasteiger partial charge in [-0.2, -0.15) is 0 Å². The molecule has 0 amide bonds. The highest BCUT2D eigenvalue weighted by atomic mass is 16.5. The molecule has 1 atom stereocenters. The third-order valence-electron chi connectivity index (χ3n) is 6.02. The molecule has 208 valence electrons. The maximum Gasteiger partial charge on any atom is 0.337 e. The average molecular weight is 542 g/mol. The number of benzene rings is 2. The molecular weight excluding hydrogens is 506 g/mol. The highest BCUT2D eigenvalue weighted by molar-refractivity contribution is 5.99. The van der Waals surface area contributed by atoms with Crippen LogP contribution >= 0.6 is 0 Å². The Morgan fingerprint density at radius 3 is 1.98 bits per heavy atom. The number of dihydropyridines is 1. The third-order valence-corrected chi connectivity index (χ3v) is 6.02. The lowest BCUT2D eigenvalue weighted by molar-refractivity contribution is -0.141. The predicted molar refractivity (Wildman–Crippen MR) is 154 cm³/mol. The first-order valence-electron chi connectivity index (χ1n) is 13.0. The summed E-state index contributed by atoms with van der Waals surface area (Å²) in [6, 6.07) is 22.4. The van der Waals surface area contributed by atoms with E-state index in [1.807, 2.05) is 79.7 Å². The Morgan fingerprint density at radius 2 is 1.45 bits per heavy atom. The van der Waals surface area contributed by atoms with E-state index in [4.69, 9.17) is 19.0 Å². The van der Waals surface area contributed by atoms with E-state index in [0.717, 1.165) is 11.1 Å². The number of aliphatic hydroxyl groups is 1. The van der Waals surface area contributed by atoms with Crippen molar-refractivity contribution in [2.24, 2.45) is 0 Å². The van der Waals surface area contributed by atoms with Gasteiger partial charge < -0.3 is 24.3 Å². The number of aliphatic hydroxyl groups excluding tert-OH is 1. The molecule has 1 aliphatic heterocycles. The molecular formula is C33H35NO6. The summed E-state index contributed by atoms with van der Waals surface area (Å²) < 4.78 is 16.6. The van der Waals surface area contributed by atoms with Crippen molar-refractivity contribution in [1.82, 2.24) is 5.32 Å². The van der Waals surface area contributed by atoms with Gasteiger partial charge in [-0.3, -0.25) is 0 Å². The van der Waals surface area contributed by atoms with E-state index >= 15 is 0 Å². The Kier molecular flexibility index (Phi) is 11.8. The van der Waals surface area contributed by atoms with Crippen molar-refractivity contribution in [2.45, 2.75) is 39.9 Å². The first kappa shape index (κ1) is 29.9. The van der Waals surface area contributed by atoms with Crippen LogP contribution in [0.3, 0.4) is 0 Å². The van der Waals surface area contributed by atoms with E-state index in [0.29, 0.717) is 28.3 Å². The zero-order valence-corrected chi connectivity index (χ0v) is 23.0. The average Bonchev–Trinajstić information content (AvgIpc) is 3.51. The van der Waals surface area contributed by atoms with Crippen molar-refractivity contribution in [3.63, 3.8) is 0 Å². The number of carbonyl (C=O) groups excluding carboxylic acids is 2. The summed E-state index contributed by atoms with van der Waals surface area (Å²) in [7, 11) is 0. The van der Waals surface area contributed by atoms with E-state index in [1.165, 1.54) is 6.26 Å². The largest absolute Gasteiger partial charge is 0.468 e. The van der Waals surface area contributed by atoms with Gasteiger partial charge in [0.15, 0.2) is 0 Å². The van der Waals surface area contributed by atoms with Crippen LogP contribution in [0, 0.1) is 0 Å². The number of furan rings is 1. The van der Waals surface area contributed by atoms with Crippen LogP contribution in [0.25, 0.3) is 0 Å². The minimum Gasteiger partial charge on any atom is -0.468 e. The van der Waals surface area contributed by atoms with Crippen LogP contribution < -0.4 is 5.32 Å². The second-order valence-electron chi connectivity index (χ2n) is 8.91. The van der Waals surface area contributed by atoms with Crippen LogP contribution in [-0.2, 0) is 32.3 Å². The summed E-state index contributed by atoms with van der Waals surface area (Å²) in [5, 5.41) is 11.7. The molecule has 1 unspecified atom stereocenters. The first-order valence-corrected chi connectivity index (χ1v) is 13.0. The van der Waals surface area contributed by atoms with Gasteiger partial charge in [0.05, 0.1) is 29.9 Å². The maximum absolute atomic E-state index is 13.1. The van der Waals surface area contributed by atoms with Crippen LogP contribution in [0.2, 0.25) is 0 Å².